The van der Waals surface area contributed by atoms with Crippen molar-refractivity contribution in [3.8, 4) is 0 Å². The summed E-state index contributed by atoms with van der Waals surface area (Å²) >= 11 is 9.15. The Morgan fingerprint density at radius 1 is 1.57 bits per heavy atom. The molecule has 0 aliphatic heterocycles. The molecular formula is C10H10BrClO2. The van der Waals surface area contributed by atoms with E-state index in [1.807, 2.05) is 6.92 Å². The fourth-order valence-electron chi connectivity index (χ4n) is 0.984. The Kier molecular flexibility index (Phi) is 4.58. The molecule has 76 valence electrons. The second-order valence-electron chi connectivity index (χ2n) is 2.68. The summed E-state index contributed by atoms with van der Waals surface area (Å²) in [6.45, 7) is 2.44. The van der Waals surface area contributed by atoms with E-state index in [1.165, 1.54) is 0 Å². The normalized spacial score (nSPS) is 10.2. The minimum atomic E-state index is -0.0989. The Labute approximate surface area is 96.3 Å². The predicted octanol–water partition coefficient (Wildman–Crippen LogP) is 3.32. The van der Waals surface area contributed by atoms with Crippen LogP contribution >= 0.6 is 27.5 Å². The molecule has 0 saturated heterocycles. The van der Waals surface area contributed by atoms with Gasteiger partial charge in [-0.3, -0.25) is 4.79 Å². The molecule has 0 amide bonds. The maximum absolute atomic E-state index is 11.5. The minimum Gasteiger partial charge on any atom is -0.374 e. The zero-order chi connectivity index (χ0) is 10.6. The number of ketones is 1. The second kappa shape index (κ2) is 5.49. The van der Waals surface area contributed by atoms with Gasteiger partial charge in [0.2, 0.25) is 0 Å². The van der Waals surface area contributed by atoms with Gasteiger partial charge in [0, 0.05) is 16.6 Å². The van der Waals surface area contributed by atoms with Gasteiger partial charge in [-0.25, -0.2) is 0 Å². The van der Waals surface area contributed by atoms with Crippen molar-refractivity contribution in [2.45, 2.75) is 6.92 Å². The molecule has 14 heavy (non-hydrogen) atoms. The van der Waals surface area contributed by atoms with E-state index in [9.17, 15) is 4.79 Å². The summed E-state index contributed by atoms with van der Waals surface area (Å²) in [5.41, 5.74) is 0.495. The van der Waals surface area contributed by atoms with Crippen LogP contribution in [0.15, 0.2) is 22.7 Å². The summed E-state index contributed by atoms with van der Waals surface area (Å²) in [7, 11) is 0. The minimum absolute atomic E-state index is 0.0761. The standard InChI is InChI=1S/C10H10BrClO2/c1-2-14-6-10(13)8-5-7(11)3-4-9(8)12/h3-5H,2,6H2,1H3. The highest BCUT2D eigenvalue weighted by Gasteiger charge is 2.10. The molecule has 0 radical (unpaired) electrons. The highest BCUT2D eigenvalue weighted by molar-refractivity contribution is 9.10. The summed E-state index contributed by atoms with van der Waals surface area (Å²) in [6.07, 6.45) is 0. The van der Waals surface area contributed by atoms with Gasteiger partial charge in [-0.05, 0) is 25.1 Å². The van der Waals surface area contributed by atoms with Crippen molar-refractivity contribution in [3.05, 3.63) is 33.3 Å². The Balaban J connectivity index is 2.83. The maximum Gasteiger partial charge on any atom is 0.189 e. The molecule has 4 heteroatoms. The van der Waals surface area contributed by atoms with Crippen LogP contribution in [0.1, 0.15) is 17.3 Å². The maximum atomic E-state index is 11.5. The summed E-state index contributed by atoms with van der Waals surface area (Å²) in [5.74, 6) is -0.0989. The van der Waals surface area contributed by atoms with E-state index in [-0.39, 0.29) is 12.4 Å². The van der Waals surface area contributed by atoms with Gasteiger partial charge in [0.15, 0.2) is 5.78 Å². The predicted molar refractivity (Wildman–Crippen MR) is 60.0 cm³/mol. The van der Waals surface area contributed by atoms with Gasteiger partial charge >= 0.3 is 0 Å². The Morgan fingerprint density at radius 3 is 2.93 bits per heavy atom. The van der Waals surface area contributed by atoms with Gasteiger partial charge in [0.1, 0.15) is 6.61 Å². The molecule has 0 heterocycles. The number of carbonyl (C=O) groups excluding carboxylic acids is 1. The Hall–Kier alpha value is -0.380. The van der Waals surface area contributed by atoms with Crippen molar-refractivity contribution < 1.29 is 9.53 Å². The first kappa shape index (κ1) is 11.7. The zero-order valence-corrected chi connectivity index (χ0v) is 10.1. The lowest BCUT2D eigenvalue weighted by Crippen LogP contribution is -2.09. The lowest BCUT2D eigenvalue weighted by atomic mass is 10.1. The number of ether oxygens (including phenoxy) is 1. The van der Waals surface area contributed by atoms with E-state index >= 15 is 0 Å². The van der Waals surface area contributed by atoms with E-state index in [1.54, 1.807) is 18.2 Å². The molecule has 0 aliphatic carbocycles. The highest BCUT2D eigenvalue weighted by Crippen LogP contribution is 2.21. The van der Waals surface area contributed by atoms with Gasteiger partial charge in [0.25, 0.3) is 0 Å². The van der Waals surface area contributed by atoms with E-state index in [2.05, 4.69) is 15.9 Å². The van der Waals surface area contributed by atoms with Crippen molar-refractivity contribution in [1.82, 2.24) is 0 Å². The van der Waals surface area contributed by atoms with Crippen LogP contribution in [-0.2, 0) is 4.74 Å². The van der Waals surface area contributed by atoms with Crippen LogP contribution in [0.3, 0.4) is 0 Å². The fourth-order valence-corrected chi connectivity index (χ4v) is 1.57. The summed E-state index contributed by atoms with van der Waals surface area (Å²) < 4.78 is 5.86. The average molecular weight is 278 g/mol. The van der Waals surface area contributed by atoms with Crippen LogP contribution in [0.25, 0.3) is 0 Å². The van der Waals surface area contributed by atoms with Crippen LogP contribution in [0.4, 0.5) is 0 Å². The van der Waals surface area contributed by atoms with E-state index < -0.39 is 0 Å². The quantitative estimate of drug-likeness (QED) is 0.789. The van der Waals surface area contributed by atoms with Crippen molar-refractivity contribution in [3.63, 3.8) is 0 Å². The molecule has 1 aromatic carbocycles. The van der Waals surface area contributed by atoms with Crippen molar-refractivity contribution in [2.75, 3.05) is 13.2 Å². The van der Waals surface area contributed by atoms with Crippen LogP contribution < -0.4 is 0 Å². The third kappa shape index (κ3) is 3.08. The molecule has 0 saturated carbocycles. The van der Waals surface area contributed by atoms with Crippen LogP contribution in [0, 0.1) is 0 Å². The van der Waals surface area contributed by atoms with E-state index in [0.29, 0.717) is 17.2 Å². The number of rotatable bonds is 4. The smallest absolute Gasteiger partial charge is 0.189 e. The van der Waals surface area contributed by atoms with Gasteiger partial charge in [-0.15, -0.1) is 0 Å². The zero-order valence-electron chi connectivity index (χ0n) is 7.72. The Bertz CT molecular complexity index is 339. The number of benzene rings is 1. The topological polar surface area (TPSA) is 26.3 Å². The molecule has 2 nitrogen and oxygen atoms in total. The summed E-state index contributed by atoms with van der Waals surface area (Å²) in [5, 5.41) is 0.456. The molecule has 0 spiro atoms. The van der Waals surface area contributed by atoms with E-state index in [0.717, 1.165) is 4.47 Å². The van der Waals surface area contributed by atoms with E-state index in [4.69, 9.17) is 16.3 Å². The highest BCUT2D eigenvalue weighted by atomic mass is 79.9. The number of halogens is 2. The second-order valence-corrected chi connectivity index (χ2v) is 4.01. The summed E-state index contributed by atoms with van der Waals surface area (Å²) in [4.78, 5) is 11.5. The molecular weight excluding hydrogens is 267 g/mol. The average Bonchev–Trinajstić information content (AvgIpc) is 2.18. The third-order valence-corrected chi connectivity index (χ3v) is 2.49. The Morgan fingerprint density at radius 2 is 2.29 bits per heavy atom. The molecule has 1 rings (SSSR count). The lowest BCUT2D eigenvalue weighted by molar-refractivity contribution is 0.0783. The van der Waals surface area contributed by atoms with Gasteiger partial charge in [0.05, 0.1) is 5.02 Å². The molecule has 0 aliphatic rings. The monoisotopic (exact) mass is 276 g/mol. The van der Waals surface area contributed by atoms with Gasteiger partial charge in [-0.1, -0.05) is 27.5 Å². The molecule has 1 aromatic rings. The molecule has 0 aromatic heterocycles. The first-order valence-electron chi connectivity index (χ1n) is 4.21. The molecule has 0 bridgehead atoms. The van der Waals surface area contributed by atoms with Crippen molar-refractivity contribution >= 4 is 33.3 Å². The van der Waals surface area contributed by atoms with Gasteiger partial charge < -0.3 is 4.74 Å². The third-order valence-electron chi connectivity index (χ3n) is 1.67. The number of Topliss-reactive ketones (excluding diaryl/α,β-unsaturated/α-hetero) is 1. The molecule has 0 fully saturated rings. The fraction of sp³-hybridized carbons (Fsp3) is 0.300. The van der Waals surface area contributed by atoms with Crippen LogP contribution in [0.2, 0.25) is 5.02 Å². The number of hydrogen-bond donors (Lipinski definition) is 0. The molecule has 0 N–H and O–H groups in total. The van der Waals surface area contributed by atoms with Crippen molar-refractivity contribution in [1.29, 1.82) is 0 Å². The molecule has 0 atom stereocenters. The first-order chi connectivity index (χ1) is 6.65. The van der Waals surface area contributed by atoms with Crippen LogP contribution in [-0.4, -0.2) is 19.0 Å². The summed E-state index contributed by atoms with van der Waals surface area (Å²) in [6, 6.07) is 5.17. The largest absolute Gasteiger partial charge is 0.374 e. The SMILES string of the molecule is CCOCC(=O)c1cc(Br)ccc1Cl. The van der Waals surface area contributed by atoms with Crippen molar-refractivity contribution in [2.24, 2.45) is 0 Å². The lowest BCUT2D eigenvalue weighted by Gasteiger charge is -2.03. The number of hydrogen-bond acceptors (Lipinski definition) is 2. The molecule has 0 unspecified atom stereocenters. The number of carbonyl (C=O) groups is 1. The first-order valence-corrected chi connectivity index (χ1v) is 5.38. The van der Waals surface area contributed by atoms with Crippen LogP contribution in [0.5, 0.6) is 0 Å². The van der Waals surface area contributed by atoms with Gasteiger partial charge in [-0.2, -0.15) is 0 Å².